The number of nitrogens with one attached hydrogen (secondary N) is 1. The van der Waals surface area contributed by atoms with Crippen LogP contribution in [0.2, 0.25) is 0 Å². The van der Waals surface area contributed by atoms with Crippen molar-refractivity contribution in [2.45, 2.75) is 11.4 Å². The predicted molar refractivity (Wildman–Crippen MR) is 121 cm³/mol. The van der Waals surface area contributed by atoms with Gasteiger partial charge in [-0.3, -0.25) is 4.98 Å². The van der Waals surface area contributed by atoms with Crippen molar-refractivity contribution in [1.29, 1.82) is 0 Å². The lowest BCUT2D eigenvalue weighted by Gasteiger charge is -2.35. The van der Waals surface area contributed by atoms with Gasteiger partial charge in [0.2, 0.25) is 10.0 Å². The van der Waals surface area contributed by atoms with Gasteiger partial charge in [-0.2, -0.15) is 4.31 Å². The maximum atomic E-state index is 12.7. The first-order valence-electron chi connectivity index (χ1n) is 10.8. The molecule has 0 spiro atoms. The number of pyridine rings is 2. The third kappa shape index (κ3) is 5.00. The van der Waals surface area contributed by atoms with Crippen LogP contribution in [0.15, 0.2) is 47.8 Å². The smallest absolute Gasteiger partial charge is 0.317 e. The van der Waals surface area contributed by atoms with Crippen LogP contribution < -0.4 is 10.2 Å². The number of piperazine rings is 2. The summed E-state index contributed by atoms with van der Waals surface area (Å²) in [6, 6.07) is 6.80. The van der Waals surface area contributed by atoms with Crippen molar-refractivity contribution in [1.82, 2.24) is 29.4 Å². The molecule has 0 radical (unpaired) electrons. The van der Waals surface area contributed by atoms with Gasteiger partial charge in [-0.05, 0) is 25.2 Å². The molecule has 2 fully saturated rings. The highest BCUT2D eigenvalue weighted by molar-refractivity contribution is 7.89. The zero-order valence-corrected chi connectivity index (χ0v) is 19.0. The van der Waals surface area contributed by atoms with E-state index >= 15 is 0 Å². The standard InChI is InChI=1S/C21H29N7O3S/c1-25-8-10-26(11-9-25)20-18(4-2-7-23-20)16-24-21(29)27-12-14-28(15-13-27)32(30,31)19-5-3-6-22-17-19/h2-7,17H,8-16H2,1H3,(H,24,29). The molecule has 2 aromatic heterocycles. The molecule has 2 aliphatic heterocycles. The van der Waals surface area contributed by atoms with Gasteiger partial charge < -0.3 is 20.0 Å². The Bertz CT molecular complexity index is 1020. The van der Waals surface area contributed by atoms with Crippen molar-refractivity contribution in [3.05, 3.63) is 48.4 Å². The van der Waals surface area contributed by atoms with Crippen molar-refractivity contribution in [3.8, 4) is 0 Å². The molecule has 4 rings (SSSR count). The summed E-state index contributed by atoms with van der Waals surface area (Å²) < 4.78 is 26.9. The van der Waals surface area contributed by atoms with E-state index in [9.17, 15) is 13.2 Å². The molecule has 11 heteroatoms. The number of aromatic nitrogens is 2. The van der Waals surface area contributed by atoms with E-state index in [1.165, 1.54) is 16.6 Å². The van der Waals surface area contributed by atoms with Crippen LogP contribution in [0.4, 0.5) is 10.6 Å². The van der Waals surface area contributed by atoms with E-state index in [-0.39, 0.29) is 24.0 Å². The van der Waals surface area contributed by atoms with Gasteiger partial charge in [0.25, 0.3) is 0 Å². The van der Waals surface area contributed by atoms with Crippen LogP contribution in [0, 0.1) is 0 Å². The number of rotatable bonds is 5. The largest absolute Gasteiger partial charge is 0.354 e. The van der Waals surface area contributed by atoms with Crippen LogP contribution in [0.25, 0.3) is 0 Å². The van der Waals surface area contributed by atoms with Crippen molar-refractivity contribution >= 4 is 21.9 Å². The van der Waals surface area contributed by atoms with Crippen molar-refractivity contribution in [3.63, 3.8) is 0 Å². The molecule has 0 saturated carbocycles. The first-order valence-corrected chi connectivity index (χ1v) is 12.2. The Balaban J connectivity index is 1.32. The molecular formula is C21H29N7O3S. The molecule has 0 atom stereocenters. The number of nitrogens with zero attached hydrogens (tertiary/aromatic N) is 6. The van der Waals surface area contributed by atoms with Gasteiger partial charge in [0, 0.05) is 83.1 Å². The van der Waals surface area contributed by atoms with Gasteiger partial charge in [0.05, 0.1) is 0 Å². The normalized spacial score (nSPS) is 18.5. The van der Waals surface area contributed by atoms with Gasteiger partial charge in [0.15, 0.2) is 0 Å². The van der Waals surface area contributed by atoms with E-state index in [1.54, 1.807) is 23.4 Å². The van der Waals surface area contributed by atoms with Gasteiger partial charge in [-0.15, -0.1) is 0 Å². The molecule has 32 heavy (non-hydrogen) atoms. The molecule has 172 valence electrons. The van der Waals surface area contributed by atoms with Crippen molar-refractivity contribution in [2.75, 3.05) is 64.3 Å². The monoisotopic (exact) mass is 459 g/mol. The number of urea groups is 1. The van der Waals surface area contributed by atoms with E-state index in [0.29, 0.717) is 19.6 Å². The fourth-order valence-electron chi connectivity index (χ4n) is 3.93. The number of carbonyl (C=O) groups is 1. The summed E-state index contributed by atoms with van der Waals surface area (Å²) in [6.07, 6.45) is 4.67. The highest BCUT2D eigenvalue weighted by Crippen LogP contribution is 2.19. The number of hydrogen-bond donors (Lipinski definition) is 1. The number of amides is 2. The number of sulfonamides is 1. The van der Waals surface area contributed by atoms with E-state index in [4.69, 9.17) is 0 Å². The van der Waals surface area contributed by atoms with Crippen LogP contribution in [0.5, 0.6) is 0 Å². The highest BCUT2D eigenvalue weighted by Gasteiger charge is 2.30. The molecule has 10 nitrogen and oxygen atoms in total. The number of anilines is 1. The zero-order valence-electron chi connectivity index (χ0n) is 18.2. The average molecular weight is 460 g/mol. The number of carbonyl (C=O) groups excluding carboxylic acids is 1. The van der Waals surface area contributed by atoms with Crippen LogP contribution in [-0.2, 0) is 16.6 Å². The molecule has 0 aliphatic carbocycles. The molecule has 0 unspecified atom stereocenters. The topological polar surface area (TPSA) is 102 Å². The Kier molecular flexibility index (Phi) is 6.87. The summed E-state index contributed by atoms with van der Waals surface area (Å²) in [4.78, 5) is 27.5. The first kappa shape index (κ1) is 22.4. The molecule has 2 saturated heterocycles. The number of likely N-dealkylation sites (N-methyl/N-ethyl adjacent to an activating group) is 1. The Morgan fingerprint density at radius 3 is 2.41 bits per heavy atom. The SMILES string of the molecule is CN1CCN(c2ncccc2CNC(=O)N2CCN(S(=O)(=O)c3cccnc3)CC2)CC1. The molecule has 4 heterocycles. The van der Waals surface area contributed by atoms with Gasteiger partial charge in [-0.25, -0.2) is 18.2 Å². The molecular weight excluding hydrogens is 430 g/mol. The number of hydrogen-bond acceptors (Lipinski definition) is 7. The minimum absolute atomic E-state index is 0.172. The van der Waals surface area contributed by atoms with Crippen LogP contribution in [0.1, 0.15) is 5.56 Å². The second kappa shape index (κ2) is 9.80. The lowest BCUT2D eigenvalue weighted by molar-refractivity contribution is 0.172. The lowest BCUT2D eigenvalue weighted by atomic mass is 10.2. The average Bonchev–Trinajstić information content (AvgIpc) is 2.84. The van der Waals surface area contributed by atoms with E-state index in [2.05, 4.69) is 32.1 Å². The maximum Gasteiger partial charge on any atom is 0.317 e. The van der Waals surface area contributed by atoms with Crippen LogP contribution in [0.3, 0.4) is 0 Å². The second-order valence-electron chi connectivity index (χ2n) is 8.02. The zero-order chi connectivity index (χ0) is 22.6. The summed E-state index contributed by atoms with van der Waals surface area (Å²) in [5.74, 6) is 0.910. The third-order valence-corrected chi connectivity index (χ3v) is 7.78. The van der Waals surface area contributed by atoms with Gasteiger partial charge in [-0.1, -0.05) is 6.07 Å². The minimum atomic E-state index is -3.59. The summed E-state index contributed by atoms with van der Waals surface area (Å²) in [6.45, 7) is 5.33. The fourth-order valence-corrected chi connectivity index (χ4v) is 5.32. The van der Waals surface area contributed by atoms with E-state index in [0.717, 1.165) is 37.6 Å². The Morgan fingerprint density at radius 2 is 1.72 bits per heavy atom. The van der Waals surface area contributed by atoms with Gasteiger partial charge >= 0.3 is 6.03 Å². The molecule has 0 aromatic carbocycles. The van der Waals surface area contributed by atoms with Crippen LogP contribution in [-0.4, -0.2) is 97.9 Å². The Hall–Kier alpha value is -2.76. The summed E-state index contributed by atoms with van der Waals surface area (Å²) in [5.41, 5.74) is 0.975. The van der Waals surface area contributed by atoms with Gasteiger partial charge in [0.1, 0.15) is 10.7 Å². The summed E-state index contributed by atoms with van der Waals surface area (Å²) >= 11 is 0. The third-order valence-electron chi connectivity index (χ3n) is 5.90. The first-order chi connectivity index (χ1) is 15.4. The summed E-state index contributed by atoms with van der Waals surface area (Å²) in [5, 5.41) is 2.97. The molecule has 2 amide bonds. The molecule has 1 N–H and O–H groups in total. The van der Waals surface area contributed by atoms with Crippen molar-refractivity contribution in [2.24, 2.45) is 0 Å². The minimum Gasteiger partial charge on any atom is -0.354 e. The molecule has 0 bridgehead atoms. The lowest BCUT2D eigenvalue weighted by Crippen LogP contribution is -2.53. The fraction of sp³-hybridized carbons (Fsp3) is 0.476. The van der Waals surface area contributed by atoms with E-state index in [1.807, 2.05) is 12.1 Å². The molecule has 2 aliphatic rings. The second-order valence-corrected chi connectivity index (χ2v) is 9.95. The highest BCUT2D eigenvalue weighted by atomic mass is 32.2. The van der Waals surface area contributed by atoms with E-state index < -0.39 is 10.0 Å². The molecule has 2 aromatic rings. The van der Waals surface area contributed by atoms with Crippen molar-refractivity contribution < 1.29 is 13.2 Å². The summed E-state index contributed by atoms with van der Waals surface area (Å²) in [7, 11) is -1.48. The maximum absolute atomic E-state index is 12.7. The predicted octanol–water partition coefficient (Wildman–Crippen LogP) is 0.445. The quantitative estimate of drug-likeness (QED) is 0.692. The van der Waals surface area contributed by atoms with Crippen LogP contribution >= 0.6 is 0 Å². The Morgan fingerprint density at radius 1 is 1.00 bits per heavy atom. The Labute approximate surface area is 188 Å².